The van der Waals surface area contributed by atoms with Gasteiger partial charge >= 0.3 is 0 Å². The summed E-state index contributed by atoms with van der Waals surface area (Å²) in [6.07, 6.45) is 6.44. The van der Waals surface area contributed by atoms with Crippen LogP contribution in [0.2, 0.25) is 5.02 Å². The molecule has 3 aromatic heterocycles. The average Bonchev–Trinajstić information content (AvgIpc) is 3.25. The van der Waals surface area contributed by atoms with Crippen LogP contribution in [0.15, 0.2) is 64.4 Å². The van der Waals surface area contributed by atoms with Gasteiger partial charge in [0.2, 0.25) is 10.0 Å². The van der Waals surface area contributed by atoms with Gasteiger partial charge in [-0.05, 0) is 58.6 Å². The van der Waals surface area contributed by atoms with Crippen LogP contribution in [0.1, 0.15) is 30.0 Å². The van der Waals surface area contributed by atoms with Crippen LogP contribution in [0.25, 0.3) is 5.65 Å². The Morgan fingerprint density at radius 3 is 2.69 bits per heavy atom. The molecule has 4 aromatic rings. The van der Waals surface area contributed by atoms with Gasteiger partial charge in [-0.2, -0.15) is 13.9 Å². The lowest BCUT2D eigenvalue weighted by molar-refractivity contribution is 0.317. The zero-order valence-electron chi connectivity index (χ0n) is 18.4. The number of pyridine rings is 1. The first-order valence-corrected chi connectivity index (χ1v) is 13.6. The van der Waals surface area contributed by atoms with Crippen molar-refractivity contribution in [1.29, 1.82) is 0 Å². The van der Waals surface area contributed by atoms with Crippen LogP contribution in [0.4, 0.5) is 10.2 Å². The Bertz CT molecular complexity index is 1480. The van der Waals surface area contributed by atoms with Crippen molar-refractivity contribution in [1.82, 2.24) is 23.9 Å². The molecule has 4 heterocycles. The Hall–Kier alpha value is -2.60. The van der Waals surface area contributed by atoms with Gasteiger partial charge in [0.15, 0.2) is 5.65 Å². The number of sulfonamides is 1. The van der Waals surface area contributed by atoms with E-state index in [1.165, 1.54) is 10.4 Å². The van der Waals surface area contributed by atoms with Gasteiger partial charge in [-0.1, -0.05) is 17.7 Å². The molecule has 0 spiro atoms. The monoisotopic (exact) mass is 578 g/mol. The maximum absolute atomic E-state index is 13.5. The van der Waals surface area contributed by atoms with Crippen molar-refractivity contribution in [2.45, 2.75) is 30.2 Å². The Kier molecular flexibility index (Phi) is 6.75. The van der Waals surface area contributed by atoms with Crippen LogP contribution >= 0.6 is 27.5 Å². The molecule has 0 aliphatic carbocycles. The molecule has 1 fully saturated rings. The summed E-state index contributed by atoms with van der Waals surface area (Å²) in [6, 6.07) is 9.32. The minimum absolute atomic E-state index is 0.00743. The van der Waals surface area contributed by atoms with E-state index in [9.17, 15) is 12.8 Å². The third-order valence-corrected chi connectivity index (χ3v) is 8.79. The summed E-state index contributed by atoms with van der Waals surface area (Å²) < 4.78 is 43.5. The fraction of sp³-hybridized carbons (Fsp3) is 0.261. The fourth-order valence-electron chi connectivity index (χ4n) is 4.16. The van der Waals surface area contributed by atoms with Gasteiger partial charge in [-0.25, -0.2) is 17.8 Å². The topological polar surface area (TPSA) is 92.5 Å². The molecule has 1 aliphatic rings. The van der Waals surface area contributed by atoms with E-state index in [4.69, 9.17) is 16.6 Å². The third kappa shape index (κ3) is 4.90. The number of nitrogens with one attached hydrogen (secondary N) is 1. The summed E-state index contributed by atoms with van der Waals surface area (Å²) in [4.78, 5) is 8.96. The van der Waals surface area contributed by atoms with E-state index >= 15 is 0 Å². The third-order valence-electron chi connectivity index (χ3n) is 6.05. The van der Waals surface area contributed by atoms with E-state index in [0.717, 1.165) is 33.7 Å². The van der Waals surface area contributed by atoms with Crippen LogP contribution in [0.3, 0.4) is 0 Å². The molecule has 35 heavy (non-hydrogen) atoms. The number of nitrogens with zero attached hydrogens (tertiary/aromatic N) is 5. The molecule has 12 heteroatoms. The van der Waals surface area contributed by atoms with Crippen molar-refractivity contribution in [3.8, 4) is 0 Å². The van der Waals surface area contributed by atoms with E-state index in [0.29, 0.717) is 38.1 Å². The minimum Gasteiger partial charge on any atom is -0.366 e. The van der Waals surface area contributed by atoms with Gasteiger partial charge in [0, 0.05) is 49.7 Å². The standard InChI is InChI=1S/C23H21BrClFN6O2S/c24-18-14-29-32-22(28-13-15-2-1-7-27-12-15)11-21(30-23(18)32)16-5-8-31(9-6-16)35(33,34)17-3-4-20(26)19(25)10-17/h1-4,7,10-12,14,16,28H,5-6,8-9,13H2. The number of hydrogen-bond donors (Lipinski definition) is 1. The SMILES string of the molecule is O=S(=O)(c1ccc(F)c(Cl)c1)N1CCC(c2cc(NCc3cccnc3)n3ncc(Br)c3n2)CC1. The van der Waals surface area contributed by atoms with Gasteiger partial charge in [-0.15, -0.1) is 0 Å². The van der Waals surface area contributed by atoms with Crippen molar-refractivity contribution in [3.63, 3.8) is 0 Å². The smallest absolute Gasteiger partial charge is 0.243 e. The van der Waals surface area contributed by atoms with Gasteiger partial charge in [0.25, 0.3) is 0 Å². The van der Waals surface area contributed by atoms with E-state index in [2.05, 4.69) is 31.3 Å². The van der Waals surface area contributed by atoms with Crippen LogP contribution in [0, 0.1) is 5.82 Å². The Labute approximate surface area is 215 Å². The summed E-state index contributed by atoms with van der Waals surface area (Å²) in [5.41, 5.74) is 2.59. The van der Waals surface area contributed by atoms with Crippen LogP contribution in [0.5, 0.6) is 0 Å². The van der Waals surface area contributed by atoms with E-state index in [-0.39, 0.29) is 15.8 Å². The molecule has 1 saturated heterocycles. The predicted octanol–water partition coefficient (Wildman–Crippen LogP) is 4.86. The zero-order valence-corrected chi connectivity index (χ0v) is 21.6. The Morgan fingerprint density at radius 1 is 1.17 bits per heavy atom. The molecule has 0 saturated carbocycles. The Morgan fingerprint density at radius 2 is 1.97 bits per heavy atom. The predicted molar refractivity (Wildman–Crippen MR) is 134 cm³/mol. The number of fused-ring (bicyclic) bond motifs is 1. The fourth-order valence-corrected chi connectivity index (χ4v) is 6.25. The molecule has 182 valence electrons. The van der Waals surface area contributed by atoms with E-state index < -0.39 is 15.8 Å². The van der Waals surface area contributed by atoms with E-state index in [1.807, 2.05) is 18.2 Å². The molecule has 0 atom stereocenters. The van der Waals surface area contributed by atoms with Crippen molar-refractivity contribution < 1.29 is 12.8 Å². The van der Waals surface area contributed by atoms with Gasteiger partial charge in [0.1, 0.15) is 11.6 Å². The first-order chi connectivity index (χ1) is 16.8. The number of benzene rings is 1. The molecular weight excluding hydrogens is 559 g/mol. The van der Waals surface area contributed by atoms with Crippen molar-refractivity contribution in [2.75, 3.05) is 18.4 Å². The van der Waals surface area contributed by atoms with E-state index in [1.54, 1.807) is 23.1 Å². The minimum atomic E-state index is -3.76. The quantitative estimate of drug-likeness (QED) is 0.351. The van der Waals surface area contributed by atoms with Crippen LogP contribution in [-0.4, -0.2) is 45.4 Å². The molecular formula is C23H21BrClFN6O2S. The lowest BCUT2D eigenvalue weighted by atomic mass is 9.94. The maximum atomic E-state index is 13.5. The highest BCUT2D eigenvalue weighted by molar-refractivity contribution is 9.10. The van der Waals surface area contributed by atoms with Crippen molar-refractivity contribution >= 4 is 49.0 Å². The number of aromatic nitrogens is 4. The normalized spacial score (nSPS) is 15.5. The highest BCUT2D eigenvalue weighted by atomic mass is 79.9. The van der Waals surface area contributed by atoms with Gasteiger partial charge in [-0.3, -0.25) is 4.98 Å². The lowest BCUT2D eigenvalue weighted by Crippen LogP contribution is -2.38. The second-order valence-corrected chi connectivity index (χ2v) is 11.5. The first-order valence-electron chi connectivity index (χ1n) is 10.9. The summed E-state index contributed by atoms with van der Waals surface area (Å²) in [7, 11) is -3.76. The molecule has 0 radical (unpaired) electrons. The van der Waals surface area contributed by atoms with Crippen molar-refractivity contribution in [2.24, 2.45) is 0 Å². The first kappa shape index (κ1) is 24.1. The molecule has 0 bridgehead atoms. The number of anilines is 1. The number of hydrogen-bond acceptors (Lipinski definition) is 6. The molecule has 1 aromatic carbocycles. The Balaban J connectivity index is 1.36. The summed E-state index contributed by atoms with van der Waals surface area (Å²) >= 11 is 9.33. The van der Waals surface area contributed by atoms with Gasteiger partial charge < -0.3 is 5.32 Å². The lowest BCUT2D eigenvalue weighted by Gasteiger charge is -2.31. The average molecular weight is 580 g/mol. The molecule has 0 unspecified atom stereocenters. The maximum Gasteiger partial charge on any atom is 0.243 e. The summed E-state index contributed by atoms with van der Waals surface area (Å²) in [5.74, 6) is 0.212. The second-order valence-electron chi connectivity index (χ2n) is 8.26. The number of halogens is 3. The largest absolute Gasteiger partial charge is 0.366 e. The van der Waals surface area contributed by atoms with Crippen LogP contribution < -0.4 is 5.32 Å². The van der Waals surface area contributed by atoms with Crippen molar-refractivity contribution in [3.05, 3.63) is 81.6 Å². The summed E-state index contributed by atoms with van der Waals surface area (Å²) in [5, 5.41) is 7.61. The highest BCUT2D eigenvalue weighted by Gasteiger charge is 2.31. The highest BCUT2D eigenvalue weighted by Crippen LogP contribution is 2.33. The summed E-state index contributed by atoms with van der Waals surface area (Å²) in [6.45, 7) is 1.22. The molecule has 1 aliphatic heterocycles. The molecule has 0 amide bonds. The zero-order chi connectivity index (χ0) is 24.6. The number of rotatable bonds is 6. The van der Waals surface area contributed by atoms with Gasteiger partial charge in [0.05, 0.1) is 20.6 Å². The van der Waals surface area contributed by atoms with Crippen LogP contribution in [-0.2, 0) is 16.6 Å². The molecule has 8 nitrogen and oxygen atoms in total. The molecule has 1 N–H and O–H groups in total. The molecule has 5 rings (SSSR count). The second kappa shape index (κ2) is 9.81. The number of piperidine rings is 1.